The molecule has 0 saturated carbocycles. The van der Waals surface area contributed by atoms with Gasteiger partial charge in [0.05, 0.1) is 23.2 Å². The number of rotatable bonds is 2. The number of aromatic nitrogens is 2. The number of thiophene rings is 1. The average molecular weight is 234 g/mol. The normalized spacial score (nSPS) is 19.7. The average Bonchev–Trinajstić information content (AvgIpc) is 2.96. The third-order valence-corrected chi connectivity index (χ3v) is 4.02. The Morgan fingerprint density at radius 1 is 1.56 bits per heavy atom. The van der Waals surface area contributed by atoms with Gasteiger partial charge < -0.3 is 9.67 Å². The summed E-state index contributed by atoms with van der Waals surface area (Å²) in [6.07, 6.45) is 5.30. The van der Waals surface area contributed by atoms with Gasteiger partial charge in [0.1, 0.15) is 5.82 Å². The van der Waals surface area contributed by atoms with Crippen molar-refractivity contribution >= 4 is 11.3 Å². The van der Waals surface area contributed by atoms with Crippen LogP contribution in [0, 0.1) is 0 Å². The molecule has 3 nitrogen and oxygen atoms in total. The highest BCUT2D eigenvalue weighted by Crippen LogP contribution is 2.29. The van der Waals surface area contributed by atoms with E-state index in [1.165, 1.54) is 4.88 Å². The fraction of sp³-hybridized carbons (Fsp3) is 0.417. The minimum absolute atomic E-state index is 0.216. The maximum absolute atomic E-state index is 9.33. The monoisotopic (exact) mass is 234 g/mol. The number of aliphatic hydroxyl groups is 1. The molecule has 1 aliphatic heterocycles. The molecule has 0 bridgehead atoms. The molecule has 84 valence electrons. The lowest BCUT2D eigenvalue weighted by Crippen LogP contribution is -2.20. The van der Waals surface area contributed by atoms with Crippen molar-refractivity contribution in [1.29, 1.82) is 0 Å². The van der Waals surface area contributed by atoms with Crippen LogP contribution in [-0.2, 0) is 6.42 Å². The molecule has 1 atom stereocenters. The molecule has 0 aliphatic carbocycles. The van der Waals surface area contributed by atoms with Crippen molar-refractivity contribution in [2.24, 2.45) is 0 Å². The van der Waals surface area contributed by atoms with Gasteiger partial charge in [-0.25, -0.2) is 4.98 Å². The molecule has 16 heavy (non-hydrogen) atoms. The van der Waals surface area contributed by atoms with E-state index in [9.17, 15) is 5.11 Å². The smallest absolute Gasteiger partial charge is 0.109 e. The topological polar surface area (TPSA) is 38.1 Å². The first-order valence-electron chi connectivity index (χ1n) is 5.61. The molecule has 0 amide bonds. The van der Waals surface area contributed by atoms with Crippen molar-refractivity contribution in [2.45, 2.75) is 25.3 Å². The van der Waals surface area contributed by atoms with E-state index in [2.05, 4.69) is 27.2 Å². The van der Waals surface area contributed by atoms with Crippen LogP contribution in [0.4, 0.5) is 0 Å². The number of hydrogen-bond acceptors (Lipinski definition) is 3. The SMILES string of the molecule is OCC1CCCc2nc(-c3cccs3)cn21. The van der Waals surface area contributed by atoms with Crippen LogP contribution in [0.25, 0.3) is 10.6 Å². The van der Waals surface area contributed by atoms with Gasteiger partial charge in [0.15, 0.2) is 0 Å². The lowest BCUT2D eigenvalue weighted by molar-refractivity contribution is 0.206. The van der Waals surface area contributed by atoms with Crippen LogP contribution >= 0.6 is 11.3 Å². The molecule has 3 heterocycles. The summed E-state index contributed by atoms with van der Waals surface area (Å²) in [7, 11) is 0. The summed E-state index contributed by atoms with van der Waals surface area (Å²) in [6.45, 7) is 0.216. The van der Waals surface area contributed by atoms with E-state index in [1.54, 1.807) is 11.3 Å². The van der Waals surface area contributed by atoms with Crippen LogP contribution < -0.4 is 0 Å². The first-order chi connectivity index (χ1) is 7.88. The Labute approximate surface area is 98.4 Å². The van der Waals surface area contributed by atoms with Gasteiger partial charge in [-0.05, 0) is 24.3 Å². The zero-order chi connectivity index (χ0) is 11.0. The van der Waals surface area contributed by atoms with Gasteiger partial charge in [-0.3, -0.25) is 0 Å². The predicted molar refractivity (Wildman–Crippen MR) is 64.6 cm³/mol. The molecule has 1 unspecified atom stereocenters. The van der Waals surface area contributed by atoms with Crippen molar-refractivity contribution in [1.82, 2.24) is 9.55 Å². The van der Waals surface area contributed by atoms with Crippen LogP contribution in [-0.4, -0.2) is 21.3 Å². The number of imidazole rings is 1. The Morgan fingerprint density at radius 2 is 2.50 bits per heavy atom. The van der Waals surface area contributed by atoms with Crippen LogP contribution in [0.2, 0.25) is 0 Å². The maximum Gasteiger partial charge on any atom is 0.109 e. The number of aryl methyl sites for hydroxylation is 1. The van der Waals surface area contributed by atoms with Gasteiger partial charge in [-0.2, -0.15) is 0 Å². The Bertz CT molecular complexity index is 475. The fourth-order valence-electron chi connectivity index (χ4n) is 2.29. The summed E-state index contributed by atoms with van der Waals surface area (Å²) >= 11 is 1.71. The van der Waals surface area contributed by atoms with Gasteiger partial charge in [-0.15, -0.1) is 11.3 Å². The van der Waals surface area contributed by atoms with E-state index in [0.717, 1.165) is 30.8 Å². The van der Waals surface area contributed by atoms with Crippen LogP contribution in [0.15, 0.2) is 23.7 Å². The van der Waals surface area contributed by atoms with Crippen LogP contribution in [0.1, 0.15) is 24.7 Å². The van der Waals surface area contributed by atoms with Crippen molar-refractivity contribution in [3.63, 3.8) is 0 Å². The Kier molecular flexibility index (Phi) is 2.53. The summed E-state index contributed by atoms with van der Waals surface area (Å²) in [5.74, 6) is 1.12. The quantitative estimate of drug-likeness (QED) is 0.867. The van der Waals surface area contributed by atoms with Crippen molar-refractivity contribution in [2.75, 3.05) is 6.61 Å². The van der Waals surface area contributed by atoms with E-state index in [1.807, 2.05) is 6.07 Å². The molecule has 1 N–H and O–H groups in total. The van der Waals surface area contributed by atoms with Crippen LogP contribution in [0.5, 0.6) is 0 Å². The second-order valence-corrected chi connectivity index (χ2v) is 5.10. The standard InChI is InChI=1S/C12H14N2OS/c15-8-9-3-1-5-12-13-10(7-14(9)12)11-4-2-6-16-11/h2,4,6-7,9,15H,1,3,5,8H2. The van der Waals surface area contributed by atoms with Gasteiger partial charge in [0.2, 0.25) is 0 Å². The van der Waals surface area contributed by atoms with E-state index in [-0.39, 0.29) is 12.6 Å². The summed E-state index contributed by atoms with van der Waals surface area (Å²) in [5, 5.41) is 11.4. The molecular weight excluding hydrogens is 220 g/mol. The molecule has 0 radical (unpaired) electrons. The molecule has 1 aliphatic rings. The summed E-state index contributed by atoms with van der Waals surface area (Å²) in [5.41, 5.74) is 1.05. The minimum atomic E-state index is 0.216. The Morgan fingerprint density at radius 3 is 3.25 bits per heavy atom. The molecule has 0 fully saturated rings. The number of hydrogen-bond donors (Lipinski definition) is 1. The summed E-state index contributed by atoms with van der Waals surface area (Å²) in [6, 6.07) is 4.36. The molecule has 0 aromatic carbocycles. The Balaban J connectivity index is 2.02. The number of aliphatic hydroxyl groups excluding tert-OH is 1. The third kappa shape index (κ3) is 1.58. The molecule has 0 saturated heterocycles. The van der Waals surface area contributed by atoms with Crippen LogP contribution in [0.3, 0.4) is 0 Å². The Hall–Kier alpha value is -1.13. The van der Waals surface area contributed by atoms with Gasteiger partial charge >= 0.3 is 0 Å². The zero-order valence-electron chi connectivity index (χ0n) is 8.97. The van der Waals surface area contributed by atoms with Gasteiger partial charge in [-0.1, -0.05) is 6.07 Å². The highest BCUT2D eigenvalue weighted by atomic mass is 32.1. The predicted octanol–water partition coefficient (Wildman–Crippen LogP) is 2.48. The third-order valence-electron chi connectivity index (χ3n) is 3.12. The highest BCUT2D eigenvalue weighted by Gasteiger charge is 2.21. The number of nitrogens with zero attached hydrogens (tertiary/aromatic N) is 2. The van der Waals surface area contributed by atoms with Gasteiger partial charge in [0.25, 0.3) is 0 Å². The van der Waals surface area contributed by atoms with E-state index in [4.69, 9.17) is 0 Å². The van der Waals surface area contributed by atoms with Crippen molar-refractivity contribution in [3.8, 4) is 10.6 Å². The maximum atomic E-state index is 9.33. The van der Waals surface area contributed by atoms with E-state index < -0.39 is 0 Å². The molecular formula is C12H14N2OS. The van der Waals surface area contributed by atoms with E-state index >= 15 is 0 Å². The second kappa shape index (κ2) is 4.03. The molecule has 0 spiro atoms. The lowest BCUT2D eigenvalue weighted by Gasteiger charge is -2.22. The number of fused-ring (bicyclic) bond motifs is 1. The highest BCUT2D eigenvalue weighted by molar-refractivity contribution is 7.13. The summed E-state index contributed by atoms with van der Waals surface area (Å²) in [4.78, 5) is 5.86. The second-order valence-electron chi connectivity index (χ2n) is 4.16. The molecule has 2 aromatic heterocycles. The molecule has 2 aromatic rings. The molecule has 3 rings (SSSR count). The molecule has 4 heteroatoms. The van der Waals surface area contributed by atoms with Gasteiger partial charge in [0, 0.05) is 12.6 Å². The zero-order valence-corrected chi connectivity index (χ0v) is 9.78. The fourth-order valence-corrected chi connectivity index (χ4v) is 2.97. The first-order valence-corrected chi connectivity index (χ1v) is 6.49. The van der Waals surface area contributed by atoms with E-state index in [0.29, 0.717) is 0 Å². The summed E-state index contributed by atoms with van der Waals surface area (Å²) < 4.78 is 2.15. The largest absolute Gasteiger partial charge is 0.394 e. The lowest BCUT2D eigenvalue weighted by atomic mass is 10.1. The minimum Gasteiger partial charge on any atom is -0.394 e. The first kappa shape index (κ1) is 10.1. The van der Waals surface area contributed by atoms with Crippen molar-refractivity contribution < 1.29 is 5.11 Å². The van der Waals surface area contributed by atoms with Crippen molar-refractivity contribution in [3.05, 3.63) is 29.5 Å².